The van der Waals surface area contributed by atoms with E-state index in [-0.39, 0.29) is 29.7 Å². The minimum atomic E-state index is -0.495. The van der Waals surface area contributed by atoms with Gasteiger partial charge >= 0.3 is 0 Å². The topological polar surface area (TPSA) is 90.0 Å². The number of hydrogen-bond acceptors (Lipinski definition) is 6. The second-order valence-corrected chi connectivity index (χ2v) is 7.79. The number of phenols is 1. The molecular formula is C25H23N3O5. The van der Waals surface area contributed by atoms with Gasteiger partial charge in [0.25, 0.3) is 5.91 Å². The van der Waals surface area contributed by atoms with Gasteiger partial charge in [0.15, 0.2) is 11.5 Å². The molecule has 0 aliphatic carbocycles. The highest BCUT2D eigenvalue weighted by Gasteiger charge is 2.44. The zero-order valence-corrected chi connectivity index (χ0v) is 18.5. The zero-order valence-electron chi connectivity index (χ0n) is 18.5. The van der Waals surface area contributed by atoms with Crippen LogP contribution in [0.2, 0.25) is 0 Å². The first-order chi connectivity index (χ1) is 16.0. The molecule has 0 spiro atoms. The number of aromatic hydroxyl groups is 1. The van der Waals surface area contributed by atoms with Crippen LogP contribution in [0, 0.1) is 0 Å². The lowest BCUT2D eigenvalue weighted by molar-refractivity contribution is 0.0712. The van der Waals surface area contributed by atoms with Crippen molar-refractivity contribution in [3.63, 3.8) is 0 Å². The van der Waals surface area contributed by atoms with Crippen molar-refractivity contribution in [2.75, 3.05) is 14.2 Å². The molecule has 33 heavy (non-hydrogen) atoms. The molecule has 0 fully saturated rings. The van der Waals surface area contributed by atoms with Gasteiger partial charge in [-0.1, -0.05) is 30.3 Å². The summed E-state index contributed by atoms with van der Waals surface area (Å²) in [5.74, 6) is 0.921. The first kappa shape index (κ1) is 20.7. The summed E-state index contributed by atoms with van der Waals surface area (Å²) in [6, 6.07) is 16.3. The van der Waals surface area contributed by atoms with Gasteiger partial charge in [-0.15, -0.1) is 0 Å². The number of phenolic OH excluding ortho intramolecular Hbond substituents is 1. The summed E-state index contributed by atoms with van der Waals surface area (Å²) < 4.78 is 18.0. The predicted molar refractivity (Wildman–Crippen MR) is 120 cm³/mol. The van der Waals surface area contributed by atoms with Gasteiger partial charge in [0.05, 0.1) is 38.8 Å². The monoisotopic (exact) mass is 445 g/mol. The van der Waals surface area contributed by atoms with E-state index >= 15 is 0 Å². The average Bonchev–Trinajstić information content (AvgIpc) is 3.53. The number of carbonyl (C=O) groups is 1. The lowest BCUT2D eigenvalue weighted by atomic mass is 9.95. The van der Waals surface area contributed by atoms with Gasteiger partial charge < -0.3 is 23.9 Å². The standard InChI is InChI=1S/C25H23N3O5/c1-27-23-20(21(26-27)15-8-5-4-6-9-15)22(28(25(23)30)14-17-10-7-11-33-17)16-12-18(31-2)24(29)19(13-16)32-3/h4-13,22,29H,14H2,1-3H3/t22-/m1/s1. The maximum Gasteiger partial charge on any atom is 0.273 e. The molecule has 0 saturated carbocycles. The quantitative estimate of drug-likeness (QED) is 0.480. The summed E-state index contributed by atoms with van der Waals surface area (Å²) >= 11 is 0. The van der Waals surface area contributed by atoms with Gasteiger partial charge in [-0.3, -0.25) is 9.48 Å². The molecule has 1 N–H and O–H groups in total. The van der Waals surface area contributed by atoms with Crippen molar-refractivity contribution in [3.05, 3.63) is 83.4 Å². The van der Waals surface area contributed by atoms with Gasteiger partial charge in [0.1, 0.15) is 11.5 Å². The second kappa shape index (κ2) is 8.05. The van der Waals surface area contributed by atoms with Gasteiger partial charge in [-0.05, 0) is 29.8 Å². The second-order valence-electron chi connectivity index (χ2n) is 7.79. The van der Waals surface area contributed by atoms with E-state index in [0.29, 0.717) is 11.5 Å². The highest BCUT2D eigenvalue weighted by Crippen LogP contribution is 2.47. The molecule has 4 aromatic rings. The molecule has 0 unspecified atom stereocenters. The molecule has 1 amide bonds. The molecule has 1 aliphatic heterocycles. The number of furan rings is 1. The van der Waals surface area contributed by atoms with Crippen molar-refractivity contribution in [2.45, 2.75) is 12.6 Å². The van der Waals surface area contributed by atoms with E-state index in [1.54, 1.807) is 41.1 Å². The summed E-state index contributed by atoms with van der Waals surface area (Å²) in [5.41, 5.74) is 3.65. The maximum absolute atomic E-state index is 13.7. The van der Waals surface area contributed by atoms with Gasteiger partial charge in [0.2, 0.25) is 5.75 Å². The Labute approximate surface area is 190 Å². The van der Waals surface area contributed by atoms with Crippen molar-refractivity contribution in [1.82, 2.24) is 14.7 Å². The van der Waals surface area contributed by atoms with E-state index in [0.717, 1.165) is 22.4 Å². The first-order valence-corrected chi connectivity index (χ1v) is 10.4. The lowest BCUT2D eigenvalue weighted by Gasteiger charge is -2.26. The fourth-order valence-corrected chi connectivity index (χ4v) is 4.42. The van der Waals surface area contributed by atoms with Crippen LogP contribution in [0.4, 0.5) is 0 Å². The van der Waals surface area contributed by atoms with Gasteiger partial charge in [0, 0.05) is 18.2 Å². The molecule has 0 radical (unpaired) electrons. The van der Waals surface area contributed by atoms with E-state index in [2.05, 4.69) is 0 Å². The number of aryl methyl sites for hydroxylation is 1. The highest BCUT2D eigenvalue weighted by atomic mass is 16.5. The summed E-state index contributed by atoms with van der Waals surface area (Å²) in [7, 11) is 4.72. The lowest BCUT2D eigenvalue weighted by Crippen LogP contribution is -2.29. The molecule has 1 atom stereocenters. The summed E-state index contributed by atoms with van der Waals surface area (Å²) in [5, 5.41) is 15.1. The van der Waals surface area contributed by atoms with E-state index in [1.807, 2.05) is 36.4 Å². The Morgan fingerprint density at radius 1 is 1.06 bits per heavy atom. The van der Waals surface area contributed by atoms with Crippen LogP contribution in [-0.2, 0) is 13.6 Å². The van der Waals surface area contributed by atoms with Crippen molar-refractivity contribution in [1.29, 1.82) is 0 Å². The Kier molecular flexibility index (Phi) is 5.05. The third kappa shape index (κ3) is 3.31. The summed E-state index contributed by atoms with van der Waals surface area (Å²) in [4.78, 5) is 15.4. The zero-order chi connectivity index (χ0) is 23.1. The van der Waals surface area contributed by atoms with Crippen LogP contribution in [0.1, 0.15) is 33.4 Å². The highest BCUT2D eigenvalue weighted by molar-refractivity contribution is 6.00. The van der Waals surface area contributed by atoms with Crippen LogP contribution < -0.4 is 9.47 Å². The van der Waals surface area contributed by atoms with Crippen molar-refractivity contribution < 1.29 is 23.8 Å². The van der Waals surface area contributed by atoms with Crippen LogP contribution >= 0.6 is 0 Å². The summed E-state index contributed by atoms with van der Waals surface area (Å²) in [6.07, 6.45) is 1.58. The number of methoxy groups -OCH3 is 2. The molecule has 8 heteroatoms. The Hall–Kier alpha value is -4.20. The largest absolute Gasteiger partial charge is 0.502 e. The number of carbonyl (C=O) groups excluding carboxylic acids is 1. The predicted octanol–water partition coefficient (Wildman–Crippen LogP) is 4.15. The molecule has 2 aromatic heterocycles. The molecule has 5 rings (SSSR count). The minimum Gasteiger partial charge on any atom is -0.502 e. The van der Waals surface area contributed by atoms with E-state index in [1.165, 1.54) is 14.2 Å². The van der Waals surface area contributed by atoms with Crippen LogP contribution in [0.15, 0.2) is 65.3 Å². The third-order valence-corrected chi connectivity index (χ3v) is 5.90. The number of aromatic nitrogens is 2. The van der Waals surface area contributed by atoms with Crippen molar-refractivity contribution in [2.24, 2.45) is 7.05 Å². The fraction of sp³-hybridized carbons (Fsp3) is 0.200. The number of nitrogens with zero attached hydrogens (tertiary/aromatic N) is 3. The normalized spacial score (nSPS) is 15.1. The van der Waals surface area contributed by atoms with Gasteiger partial charge in [-0.25, -0.2) is 0 Å². The Balaban J connectivity index is 1.74. The Morgan fingerprint density at radius 2 is 1.76 bits per heavy atom. The summed E-state index contributed by atoms with van der Waals surface area (Å²) in [6.45, 7) is 0.269. The molecule has 0 saturated heterocycles. The van der Waals surface area contributed by atoms with Crippen LogP contribution in [0.25, 0.3) is 11.3 Å². The SMILES string of the molecule is COc1cc([C@@H]2c3c(-c4ccccc4)nn(C)c3C(=O)N2Cc2ccco2)cc(OC)c1O. The molecule has 2 aromatic carbocycles. The van der Waals surface area contributed by atoms with E-state index in [9.17, 15) is 9.90 Å². The van der Waals surface area contributed by atoms with Crippen molar-refractivity contribution >= 4 is 5.91 Å². The maximum atomic E-state index is 13.7. The minimum absolute atomic E-state index is 0.0969. The Morgan fingerprint density at radius 3 is 2.36 bits per heavy atom. The number of fused-ring (bicyclic) bond motifs is 1. The molecule has 168 valence electrons. The average molecular weight is 445 g/mol. The number of hydrogen-bond donors (Lipinski definition) is 1. The molecule has 1 aliphatic rings. The Bertz CT molecular complexity index is 1290. The van der Waals surface area contributed by atoms with Gasteiger partial charge in [-0.2, -0.15) is 5.10 Å². The van der Waals surface area contributed by atoms with E-state index in [4.69, 9.17) is 19.0 Å². The number of rotatable bonds is 6. The molecular weight excluding hydrogens is 422 g/mol. The number of ether oxygens (including phenoxy) is 2. The van der Waals surface area contributed by atoms with Crippen LogP contribution in [0.3, 0.4) is 0 Å². The first-order valence-electron chi connectivity index (χ1n) is 10.4. The smallest absolute Gasteiger partial charge is 0.273 e. The number of benzene rings is 2. The third-order valence-electron chi connectivity index (χ3n) is 5.90. The fourth-order valence-electron chi connectivity index (χ4n) is 4.42. The van der Waals surface area contributed by atoms with Crippen molar-refractivity contribution in [3.8, 4) is 28.5 Å². The van der Waals surface area contributed by atoms with E-state index < -0.39 is 6.04 Å². The van der Waals surface area contributed by atoms with Crippen LogP contribution in [0.5, 0.6) is 17.2 Å². The number of amides is 1. The van der Waals surface area contributed by atoms with Crippen LogP contribution in [-0.4, -0.2) is 39.9 Å². The molecule has 3 heterocycles. The molecule has 8 nitrogen and oxygen atoms in total. The molecule has 0 bridgehead atoms.